The highest BCUT2D eigenvalue weighted by molar-refractivity contribution is 7.98. The fourth-order valence-electron chi connectivity index (χ4n) is 1.77. The second kappa shape index (κ2) is 7.24. The summed E-state index contributed by atoms with van der Waals surface area (Å²) in [6.45, 7) is 0. The molecule has 2 aromatic carbocycles. The minimum atomic E-state index is 0.0424. The van der Waals surface area contributed by atoms with E-state index in [9.17, 15) is 0 Å². The van der Waals surface area contributed by atoms with Gasteiger partial charge in [0.1, 0.15) is 5.75 Å². The summed E-state index contributed by atoms with van der Waals surface area (Å²) in [7, 11) is 1.65. The molecule has 0 saturated heterocycles. The molecule has 0 saturated carbocycles. The summed E-state index contributed by atoms with van der Waals surface area (Å²) in [6.07, 6.45) is 0. The molecule has 0 aliphatic rings. The number of halogens is 1. The minimum Gasteiger partial charge on any atom is -0.496 e. The van der Waals surface area contributed by atoms with Crippen LogP contribution in [0.15, 0.2) is 52.5 Å². The highest BCUT2D eigenvalue weighted by Gasteiger charge is 2.08. The summed E-state index contributed by atoms with van der Waals surface area (Å²) in [5.74, 6) is 1.59. The Kier molecular flexibility index (Phi) is 5.36. The van der Waals surface area contributed by atoms with Gasteiger partial charge in [0.15, 0.2) is 5.84 Å². The van der Waals surface area contributed by atoms with Gasteiger partial charge < -0.3 is 15.7 Å². The first kappa shape index (κ1) is 15.5. The van der Waals surface area contributed by atoms with Crippen LogP contribution >= 0.6 is 23.4 Å². The molecule has 0 radical (unpaired) electrons. The number of rotatable bonds is 5. The zero-order valence-corrected chi connectivity index (χ0v) is 13.0. The van der Waals surface area contributed by atoms with Crippen LogP contribution < -0.4 is 10.5 Å². The van der Waals surface area contributed by atoms with Crippen molar-refractivity contribution in [3.8, 4) is 5.75 Å². The van der Waals surface area contributed by atoms with Crippen LogP contribution in [0, 0.1) is 0 Å². The summed E-state index contributed by atoms with van der Waals surface area (Å²) in [5.41, 5.74) is 7.10. The van der Waals surface area contributed by atoms with Crippen molar-refractivity contribution < 1.29 is 9.94 Å². The minimum absolute atomic E-state index is 0.0424. The van der Waals surface area contributed by atoms with Gasteiger partial charge in [-0.05, 0) is 23.8 Å². The molecule has 4 nitrogen and oxygen atoms in total. The Morgan fingerprint density at radius 2 is 2.10 bits per heavy atom. The number of hydrogen-bond acceptors (Lipinski definition) is 4. The van der Waals surface area contributed by atoms with Gasteiger partial charge in [0.2, 0.25) is 0 Å². The number of hydrogen-bond donors (Lipinski definition) is 2. The maximum absolute atomic E-state index is 8.66. The lowest BCUT2D eigenvalue weighted by molar-refractivity contribution is 0.318. The van der Waals surface area contributed by atoms with Crippen LogP contribution in [0.4, 0.5) is 0 Å². The van der Waals surface area contributed by atoms with Crippen molar-refractivity contribution in [1.82, 2.24) is 0 Å². The number of amidine groups is 1. The van der Waals surface area contributed by atoms with Crippen LogP contribution in [0.1, 0.15) is 11.1 Å². The topological polar surface area (TPSA) is 67.8 Å². The normalized spacial score (nSPS) is 11.4. The fourth-order valence-corrected chi connectivity index (χ4v) is 3.13. The smallest absolute Gasteiger partial charge is 0.170 e. The van der Waals surface area contributed by atoms with E-state index in [2.05, 4.69) is 5.16 Å². The maximum Gasteiger partial charge on any atom is 0.170 e. The van der Waals surface area contributed by atoms with Gasteiger partial charge in [-0.1, -0.05) is 41.0 Å². The highest BCUT2D eigenvalue weighted by atomic mass is 35.5. The Bertz CT molecular complexity index is 662. The van der Waals surface area contributed by atoms with E-state index in [1.54, 1.807) is 31.0 Å². The number of oxime groups is 1. The van der Waals surface area contributed by atoms with Crippen LogP contribution in [0.25, 0.3) is 0 Å². The van der Waals surface area contributed by atoms with E-state index in [4.69, 9.17) is 27.3 Å². The van der Waals surface area contributed by atoms with E-state index in [-0.39, 0.29) is 5.84 Å². The fraction of sp³-hybridized carbons (Fsp3) is 0.133. The lowest BCUT2D eigenvalue weighted by atomic mass is 10.1. The van der Waals surface area contributed by atoms with Crippen LogP contribution in [0.3, 0.4) is 0 Å². The predicted molar refractivity (Wildman–Crippen MR) is 86.5 cm³/mol. The summed E-state index contributed by atoms with van der Waals surface area (Å²) < 4.78 is 5.32. The Balaban J connectivity index is 2.14. The summed E-state index contributed by atoms with van der Waals surface area (Å²) in [4.78, 5) is 1.05. The third-order valence-corrected chi connectivity index (χ3v) is 4.36. The zero-order chi connectivity index (χ0) is 15.2. The average molecular weight is 323 g/mol. The SMILES string of the molecule is COc1ccccc1SCc1ccc(/C(N)=N/O)cc1Cl. The van der Waals surface area contributed by atoms with E-state index >= 15 is 0 Å². The van der Waals surface area contributed by atoms with Gasteiger partial charge >= 0.3 is 0 Å². The number of nitrogens with two attached hydrogens (primary N) is 1. The van der Waals surface area contributed by atoms with Gasteiger partial charge in [-0.25, -0.2) is 0 Å². The molecule has 6 heteroatoms. The quantitative estimate of drug-likeness (QED) is 0.289. The summed E-state index contributed by atoms with van der Waals surface area (Å²) >= 11 is 7.87. The van der Waals surface area contributed by atoms with Gasteiger partial charge in [0.25, 0.3) is 0 Å². The number of para-hydroxylation sites is 1. The molecule has 0 aliphatic heterocycles. The Morgan fingerprint density at radius 3 is 2.76 bits per heavy atom. The van der Waals surface area contributed by atoms with Crippen molar-refractivity contribution in [2.75, 3.05) is 7.11 Å². The van der Waals surface area contributed by atoms with E-state index in [1.165, 1.54) is 0 Å². The van der Waals surface area contributed by atoms with E-state index in [0.29, 0.717) is 16.3 Å². The molecule has 0 spiro atoms. The molecular formula is C15H15ClN2O2S. The molecule has 0 fully saturated rings. The highest BCUT2D eigenvalue weighted by Crippen LogP contribution is 2.33. The van der Waals surface area contributed by atoms with Crippen LogP contribution in [-0.2, 0) is 5.75 Å². The van der Waals surface area contributed by atoms with Crippen molar-refractivity contribution in [2.45, 2.75) is 10.6 Å². The first-order valence-electron chi connectivity index (χ1n) is 6.18. The molecule has 0 atom stereocenters. The number of benzene rings is 2. The van der Waals surface area contributed by atoms with Crippen molar-refractivity contribution in [2.24, 2.45) is 10.9 Å². The van der Waals surface area contributed by atoms with Crippen molar-refractivity contribution >= 4 is 29.2 Å². The third kappa shape index (κ3) is 3.83. The second-order valence-corrected chi connectivity index (χ2v) is 5.66. The molecule has 0 aromatic heterocycles. The number of thioether (sulfide) groups is 1. The molecule has 2 rings (SSSR count). The van der Waals surface area contributed by atoms with Crippen LogP contribution in [0.2, 0.25) is 5.02 Å². The van der Waals surface area contributed by atoms with Gasteiger partial charge in [-0.15, -0.1) is 11.8 Å². The number of nitrogens with zero attached hydrogens (tertiary/aromatic N) is 1. The van der Waals surface area contributed by atoms with Crippen LogP contribution in [0.5, 0.6) is 5.75 Å². The van der Waals surface area contributed by atoms with E-state index in [0.717, 1.165) is 16.2 Å². The van der Waals surface area contributed by atoms with Crippen molar-refractivity contribution in [1.29, 1.82) is 0 Å². The first-order chi connectivity index (χ1) is 10.2. The molecule has 0 amide bonds. The molecular weight excluding hydrogens is 308 g/mol. The third-order valence-electron chi connectivity index (χ3n) is 2.91. The van der Waals surface area contributed by atoms with Gasteiger partial charge in [-0.2, -0.15) is 0 Å². The Morgan fingerprint density at radius 1 is 1.33 bits per heavy atom. The predicted octanol–water partition coefficient (Wildman–Crippen LogP) is 3.74. The molecule has 0 bridgehead atoms. The average Bonchev–Trinajstić information content (AvgIpc) is 2.53. The second-order valence-electron chi connectivity index (χ2n) is 4.23. The molecule has 0 unspecified atom stereocenters. The largest absolute Gasteiger partial charge is 0.496 e. The maximum atomic E-state index is 8.66. The summed E-state index contributed by atoms with van der Waals surface area (Å²) in [6, 6.07) is 13.2. The van der Waals surface area contributed by atoms with Gasteiger partial charge in [0.05, 0.1) is 7.11 Å². The molecule has 110 valence electrons. The molecule has 3 N–H and O–H groups in total. The molecule has 2 aromatic rings. The molecule has 0 heterocycles. The first-order valence-corrected chi connectivity index (χ1v) is 7.54. The Labute approximate surface area is 132 Å². The van der Waals surface area contributed by atoms with Crippen molar-refractivity contribution in [3.63, 3.8) is 0 Å². The zero-order valence-electron chi connectivity index (χ0n) is 11.4. The lowest BCUT2D eigenvalue weighted by Crippen LogP contribution is -2.12. The Hall–Kier alpha value is -1.85. The van der Waals surface area contributed by atoms with Crippen molar-refractivity contribution in [3.05, 3.63) is 58.6 Å². The summed E-state index contributed by atoms with van der Waals surface area (Å²) in [5, 5.41) is 12.2. The van der Waals surface area contributed by atoms with E-state index in [1.807, 2.05) is 30.3 Å². The number of ether oxygens (including phenoxy) is 1. The van der Waals surface area contributed by atoms with E-state index < -0.39 is 0 Å². The van der Waals surface area contributed by atoms with Crippen LogP contribution in [-0.4, -0.2) is 18.2 Å². The molecule has 21 heavy (non-hydrogen) atoms. The van der Waals surface area contributed by atoms with Gasteiger partial charge in [0, 0.05) is 21.2 Å². The number of methoxy groups -OCH3 is 1. The van der Waals surface area contributed by atoms with Gasteiger partial charge in [-0.3, -0.25) is 0 Å². The monoisotopic (exact) mass is 322 g/mol. The molecule has 0 aliphatic carbocycles. The standard InChI is InChI=1S/C15H15ClN2O2S/c1-20-13-4-2-3-5-14(13)21-9-11-7-6-10(8-12(11)16)15(17)18-19/h2-8,19H,9H2,1H3,(H2,17,18). The lowest BCUT2D eigenvalue weighted by Gasteiger charge is -2.09.